The summed E-state index contributed by atoms with van der Waals surface area (Å²) in [7, 11) is 0. The Morgan fingerprint density at radius 3 is 2.64 bits per heavy atom. The van der Waals surface area contributed by atoms with E-state index in [4.69, 9.17) is 5.73 Å². The second-order valence-corrected chi connectivity index (χ2v) is 3.75. The summed E-state index contributed by atoms with van der Waals surface area (Å²) < 4.78 is 2.67. The van der Waals surface area contributed by atoms with Crippen molar-refractivity contribution in [3.63, 3.8) is 0 Å². The van der Waals surface area contributed by atoms with Crippen molar-refractivity contribution in [1.29, 1.82) is 0 Å². The summed E-state index contributed by atoms with van der Waals surface area (Å²) in [5, 5.41) is 0. The Labute approximate surface area is 91.6 Å². The Morgan fingerprint density at radius 2 is 2.21 bits per heavy atom. The molecule has 78 valence electrons. The van der Waals surface area contributed by atoms with Gasteiger partial charge in [0.25, 0.3) is 5.91 Å². The van der Waals surface area contributed by atoms with Crippen molar-refractivity contribution in [3.05, 3.63) is 16.1 Å². The summed E-state index contributed by atoms with van der Waals surface area (Å²) >= 11 is 3.32. The first kappa shape index (κ1) is 11.2. The fourth-order valence-corrected chi connectivity index (χ4v) is 2.03. The van der Waals surface area contributed by atoms with E-state index >= 15 is 0 Å². The van der Waals surface area contributed by atoms with Crippen LogP contribution in [0.5, 0.6) is 0 Å². The largest absolute Gasteiger partial charge is 0.364 e. The number of primary amides is 1. The van der Waals surface area contributed by atoms with Crippen molar-refractivity contribution in [2.45, 2.75) is 33.2 Å². The quantitative estimate of drug-likeness (QED) is 0.895. The lowest BCUT2D eigenvalue weighted by molar-refractivity contribution is 0.0995. The third-order valence-electron chi connectivity index (χ3n) is 2.04. The van der Waals surface area contributed by atoms with Gasteiger partial charge in [-0.05, 0) is 28.8 Å². The van der Waals surface area contributed by atoms with Crippen LogP contribution in [0.15, 0.2) is 4.73 Å². The van der Waals surface area contributed by atoms with E-state index in [1.807, 2.05) is 11.5 Å². The Morgan fingerprint density at radius 1 is 1.57 bits per heavy atom. The first-order valence-corrected chi connectivity index (χ1v) is 5.45. The van der Waals surface area contributed by atoms with Crippen LogP contribution in [0.4, 0.5) is 0 Å². The van der Waals surface area contributed by atoms with Gasteiger partial charge >= 0.3 is 0 Å². The van der Waals surface area contributed by atoms with Gasteiger partial charge in [0.2, 0.25) is 0 Å². The van der Waals surface area contributed by atoms with E-state index < -0.39 is 5.91 Å². The number of halogens is 1. The molecule has 0 aromatic carbocycles. The molecular weight excluding hydrogens is 246 g/mol. The van der Waals surface area contributed by atoms with Crippen LogP contribution in [0.1, 0.15) is 36.5 Å². The van der Waals surface area contributed by atoms with E-state index in [9.17, 15) is 4.79 Å². The number of nitrogens with two attached hydrogens (primary N) is 1. The molecule has 1 heterocycles. The summed E-state index contributed by atoms with van der Waals surface area (Å²) in [6, 6.07) is 0. The van der Waals surface area contributed by atoms with E-state index in [-0.39, 0.29) is 0 Å². The van der Waals surface area contributed by atoms with Gasteiger partial charge in [0.05, 0.1) is 5.69 Å². The molecule has 1 amide bonds. The Kier molecular flexibility index (Phi) is 3.69. The van der Waals surface area contributed by atoms with Crippen LogP contribution < -0.4 is 5.73 Å². The zero-order valence-corrected chi connectivity index (χ0v) is 9.97. The molecule has 4 nitrogen and oxygen atoms in total. The highest BCUT2D eigenvalue weighted by Gasteiger charge is 2.17. The zero-order valence-electron chi connectivity index (χ0n) is 8.38. The number of aromatic nitrogens is 2. The normalized spacial score (nSPS) is 10.5. The molecule has 0 atom stereocenters. The summed E-state index contributed by atoms with van der Waals surface area (Å²) in [5.74, 6) is -0.461. The van der Waals surface area contributed by atoms with Crippen molar-refractivity contribution in [3.8, 4) is 0 Å². The molecule has 1 aromatic heterocycles. The van der Waals surface area contributed by atoms with Crippen LogP contribution in [0.25, 0.3) is 0 Å². The minimum absolute atomic E-state index is 0.382. The van der Waals surface area contributed by atoms with Gasteiger partial charge in [0.1, 0.15) is 5.69 Å². The minimum atomic E-state index is -0.461. The SMILES string of the molecule is CCCn1c(Br)nc(C(N)=O)c1CC. The van der Waals surface area contributed by atoms with Gasteiger partial charge in [-0.1, -0.05) is 13.8 Å². The van der Waals surface area contributed by atoms with Crippen molar-refractivity contribution < 1.29 is 4.79 Å². The van der Waals surface area contributed by atoms with E-state index in [1.54, 1.807) is 0 Å². The summed E-state index contributed by atoms with van der Waals surface area (Å²) in [5.41, 5.74) is 6.52. The number of hydrogen-bond acceptors (Lipinski definition) is 2. The van der Waals surface area contributed by atoms with Crippen molar-refractivity contribution >= 4 is 21.8 Å². The molecule has 1 rings (SSSR count). The highest BCUT2D eigenvalue weighted by atomic mass is 79.9. The van der Waals surface area contributed by atoms with Crippen LogP contribution in [0.3, 0.4) is 0 Å². The molecule has 0 aliphatic rings. The van der Waals surface area contributed by atoms with Crippen LogP contribution >= 0.6 is 15.9 Å². The fraction of sp³-hybridized carbons (Fsp3) is 0.556. The number of carbonyl (C=O) groups excluding carboxylic acids is 1. The molecule has 0 aliphatic heterocycles. The van der Waals surface area contributed by atoms with Crippen LogP contribution in [0, 0.1) is 0 Å². The van der Waals surface area contributed by atoms with Gasteiger partial charge in [-0.15, -0.1) is 0 Å². The second-order valence-electron chi connectivity index (χ2n) is 3.05. The number of carbonyl (C=O) groups is 1. The topological polar surface area (TPSA) is 60.9 Å². The second kappa shape index (κ2) is 4.59. The molecule has 14 heavy (non-hydrogen) atoms. The first-order valence-electron chi connectivity index (χ1n) is 4.66. The molecule has 5 heteroatoms. The van der Waals surface area contributed by atoms with E-state index in [1.165, 1.54) is 0 Å². The lowest BCUT2D eigenvalue weighted by Crippen LogP contribution is -2.15. The molecule has 0 bridgehead atoms. The Balaban J connectivity index is 3.20. The molecule has 0 aliphatic carbocycles. The molecule has 2 N–H and O–H groups in total. The van der Waals surface area contributed by atoms with Crippen LogP contribution in [-0.4, -0.2) is 15.5 Å². The van der Waals surface area contributed by atoms with E-state index in [0.29, 0.717) is 10.4 Å². The number of imidazole rings is 1. The Bertz CT molecular complexity index is 346. The van der Waals surface area contributed by atoms with Crippen LogP contribution in [-0.2, 0) is 13.0 Å². The number of amides is 1. The molecule has 0 saturated heterocycles. The molecular formula is C9H14BrN3O. The predicted molar refractivity (Wildman–Crippen MR) is 58.1 cm³/mol. The monoisotopic (exact) mass is 259 g/mol. The maximum atomic E-state index is 11.1. The molecule has 0 radical (unpaired) electrons. The van der Waals surface area contributed by atoms with Crippen molar-refractivity contribution in [2.75, 3.05) is 0 Å². The molecule has 1 aromatic rings. The molecule has 0 unspecified atom stereocenters. The number of rotatable bonds is 4. The fourth-order valence-electron chi connectivity index (χ4n) is 1.46. The third kappa shape index (κ3) is 1.97. The van der Waals surface area contributed by atoms with E-state index in [2.05, 4.69) is 27.8 Å². The molecule has 0 spiro atoms. The molecule has 0 saturated carbocycles. The average molecular weight is 260 g/mol. The smallest absolute Gasteiger partial charge is 0.269 e. The summed E-state index contributed by atoms with van der Waals surface area (Å²) in [6.45, 7) is 4.92. The summed E-state index contributed by atoms with van der Waals surface area (Å²) in [6.07, 6.45) is 1.76. The minimum Gasteiger partial charge on any atom is -0.364 e. The van der Waals surface area contributed by atoms with Crippen molar-refractivity contribution in [2.24, 2.45) is 5.73 Å². The lowest BCUT2D eigenvalue weighted by Gasteiger charge is -2.06. The average Bonchev–Trinajstić information content (AvgIpc) is 2.44. The maximum absolute atomic E-state index is 11.1. The van der Waals surface area contributed by atoms with Gasteiger partial charge in [0, 0.05) is 6.54 Å². The van der Waals surface area contributed by atoms with Gasteiger partial charge in [-0.25, -0.2) is 4.98 Å². The molecule has 0 fully saturated rings. The van der Waals surface area contributed by atoms with Gasteiger partial charge in [-0.2, -0.15) is 0 Å². The number of nitrogens with zero attached hydrogens (tertiary/aromatic N) is 2. The van der Waals surface area contributed by atoms with E-state index in [0.717, 1.165) is 25.1 Å². The first-order chi connectivity index (χ1) is 6.61. The standard InChI is InChI=1S/C9H14BrN3O/c1-3-5-13-6(4-2)7(8(11)14)12-9(13)10/h3-5H2,1-2H3,(H2,11,14). The predicted octanol–water partition coefficient (Wildman–Crippen LogP) is 1.72. The Hall–Kier alpha value is -0.840. The third-order valence-corrected chi connectivity index (χ3v) is 2.65. The van der Waals surface area contributed by atoms with Gasteiger partial charge in [0.15, 0.2) is 4.73 Å². The summed E-state index contributed by atoms with van der Waals surface area (Å²) in [4.78, 5) is 15.2. The highest BCUT2D eigenvalue weighted by Crippen LogP contribution is 2.17. The lowest BCUT2D eigenvalue weighted by atomic mass is 10.2. The van der Waals surface area contributed by atoms with Gasteiger partial charge in [-0.3, -0.25) is 4.79 Å². The number of hydrogen-bond donors (Lipinski definition) is 1. The van der Waals surface area contributed by atoms with Crippen molar-refractivity contribution in [1.82, 2.24) is 9.55 Å². The zero-order chi connectivity index (χ0) is 10.7. The van der Waals surface area contributed by atoms with Gasteiger partial charge < -0.3 is 10.3 Å². The maximum Gasteiger partial charge on any atom is 0.269 e. The van der Waals surface area contributed by atoms with Crippen LogP contribution in [0.2, 0.25) is 0 Å². The highest BCUT2D eigenvalue weighted by molar-refractivity contribution is 9.10.